The second kappa shape index (κ2) is 9.97. The average Bonchev–Trinajstić information content (AvgIpc) is 2.64. The summed E-state index contributed by atoms with van der Waals surface area (Å²) in [5.41, 5.74) is 1.59. The predicted octanol–water partition coefficient (Wildman–Crippen LogP) is 2.95. The lowest BCUT2D eigenvalue weighted by molar-refractivity contribution is -0.121. The lowest BCUT2D eigenvalue weighted by atomic mass is 10.2. The van der Waals surface area contributed by atoms with E-state index in [-0.39, 0.29) is 19.0 Å². The highest BCUT2D eigenvalue weighted by atomic mass is 32.2. The van der Waals surface area contributed by atoms with Gasteiger partial charge in [-0.3, -0.25) is 9.10 Å². The van der Waals surface area contributed by atoms with Gasteiger partial charge in [-0.2, -0.15) is 0 Å². The van der Waals surface area contributed by atoms with Crippen LogP contribution in [-0.2, 0) is 21.4 Å². The Morgan fingerprint density at radius 3 is 2.33 bits per heavy atom. The van der Waals surface area contributed by atoms with Crippen LogP contribution in [0.4, 0.5) is 5.69 Å². The molecule has 0 aliphatic heterocycles. The van der Waals surface area contributed by atoms with E-state index in [1.807, 2.05) is 37.3 Å². The zero-order valence-corrected chi connectivity index (χ0v) is 16.5. The van der Waals surface area contributed by atoms with Crippen LogP contribution in [0.25, 0.3) is 0 Å². The Balaban J connectivity index is 1.98. The first-order chi connectivity index (χ1) is 12.9. The van der Waals surface area contributed by atoms with Crippen molar-refractivity contribution in [2.24, 2.45) is 0 Å². The number of amides is 1. The van der Waals surface area contributed by atoms with Crippen molar-refractivity contribution in [3.8, 4) is 5.75 Å². The SMILES string of the molecule is CCCC(=O)NCCN(c1ccc(OCc2ccccc2)cc1)S(C)(=O)=O. The molecule has 146 valence electrons. The minimum absolute atomic E-state index is 0.0735. The number of anilines is 1. The topological polar surface area (TPSA) is 75.7 Å². The summed E-state index contributed by atoms with van der Waals surface area (Å²) >= 11 is 0. The van der Waals surface area contributed by atoms with E-state index < -0.39 is 10.0 Å². The summed E-state index contributed by atoms with van der Waals surface area (Å²) in [7, 11) is -3.46. The molecule has 0 fully saturated rings. The molecule has 0 radical (unpaired) electrons. The molecule has 0 aliphatic carbocycles. The minimum atomic E-state index is -3.46. The van der Waals surface area contributed by atoms with Gasteiger partial charge in [-0.1, -0.05) is 37.3 Å². The number of rotatable bonds is 10. The molecule has 0 atom stereocenters. The van der Waals surface area contributed by atoms with Gasteiger partial charge in [-0.25, -0.2) is 8.42 Å². The highest BCUT2D eigenvalue weighted by molar-refractivity contribution is 7.92. The Morgan fingerprint density at radius 2 is 1.74 bits per heavy atom. The first-order valence-electron chi connectivity index (χ1n) is 8.91. The quantitative estimate of drug-likeness (QED) is 0.677. The summed E-state index contributed by atoms with van der Waals surface area (Å²) < 4.78 is 31.2. The number of sulfonamides is 1. The van der Waals surface area contributed by atoms with Crippen LogP contribution in [0, 0.1) is 0 Å². The fourth-order valence-corrected chi connectivity index (χ4v) is 3.48. The maximum absolute atomic E-state index is 12.1. The standard InChI is InChI=1S/C20H26N2O4S/c1-3-7-20(23)21-14-15-22(27(2,24)25)18-10-12-19(13-11-18)26-16-17-8-5-4-6-9-17/h4-6,8-13H,3,7,14-16H2,1-2H3,(H,21,23). The lowest BCUT2D eigenvalue weighted by Gasteiger charge is -2.23. The van der Waals surface area contributed by atoms with E-state index >= 15 is 0 Å². The summed E-state index contributed by atoms with van der Waals surface area (Å²) in [5, 5.41) is 2.74. The van der Waals surface area contributed by atoms with Crippen molar-refractivity contribution in [3.63, 3.8) is 0 Å². The van der Waals surface area contributed by atoms with Crippen molar-refractivity contribution < 1.29 is 17.9 Å². The van der Waals surface area contributed by atoms with Gasteiger partial charge in [0.25, 0.3) is 0 Å². The van der Waals surface area contributed by atoms with Crippen LogP contribution < -0.4 is 14.4 Å². The Morgan fingerprint density at radius 1 is 1.07 bits per heavy atom. The largest absolute Gasteiger partial charge is 0.489 e. The molecule has 1 N–H and O–H groups in total. The molecule has 0 unspecified atom stereocenters. The molecule has 2 aromatic carbocycles. The van der Waals surface area contributed by atoms with E-state index in [0.29, 0.717) is 24.5 Å². The second-order valence-electron chi connectivity index (χ2n) is 6.20. The van der Waals surface area contributed by atoms with E-state index in [0.717, 1.165) is 18.2 Å². The van der Waals surface area contributed by atoms with Crippen molar-refractivity contribution >= 4 is 21.6 Å². The molecular formula is C20H26N2O4S. The van der Waals surface area contributed by atoms with Crippen LogP contribution in [0.15, 0.2) is 54.6 Å². The predicted molar refractivity (Wildman–Crippen MR) is 107 cm³/mol. The van der Waals surface area contributed by atoms with Crippen LogP contribution in [0.3, 0.4) is 0 Å². The van der Waals surface area contributed by atoms with Crippen molar-refractivity contribution in [3.05, 3.63) is 60.2 Å². The van der Waals surface area contributed by atoms with Crippen LogP contribution in [-0.4, -0.2) is 33.7 Å². The van der Waals surface area contributed by atoms with Gasteiger partial charge in [0.05, 0.1) is 18.5 Å². The zero-order valence-electron chi connectivity index (χ0n) is 15.7. The second-order valence-corrected chi connectivity index (χ2v) is 8.11. The molecule has 0 heterocycles. The lowest BCUT2D eigenvalue weighted by Crippen LogP contribution is -2.38. The summed E-state index contributed by atoms with van der Waals surface area (Å²) in [6.45, 7) is 2.81. The first-order valence-corrected chi connectivity index (χ1v) is 10.8. The highest BCUT2D eigenvalue weighted by Crippen LogP contribution is 2.22. The minimum Gasteiger partial charge on any atom is -0.489 e. The van der Waals surface area contributed by atoms with E-state index in [1.165, 1.54) is 4.31 Å². The summed E-state index contributed by atoms with van der Waals surface area (Å²) in [5.74, 6) is 0.586. The number of nitrogens with zero attached hydrogens (tertiary/aromatic N) is 1. The van der Waals surface area contributed by atoms with Crippen LogP contribution >= 0.6 is 0 Å². The number of benzene rings is 2. The molecule has 1 amide bonds. The molecule has 0 saturated heterocycles. The number of carbonyl (C=O) groups is 1. The molecule has 0 saturated carbocycles. The zero-order chi connectivity index (χ0) is 19.7. The van der Waals surface area contributed by atoms with Gasteiger partial charge in [0, 0.05) is 13.0 Å². The highest BCUT2D eigenvalue weighted by Gasteiger charge is 2.17. The maximum Gasteiger partial charge on any atom is 0.232 e. The van der Waals surface area contributed by atoms with Gasteiger partial charge in [-0.05, 0) is 36.2 Å². The third kappa shape index (κ3) is 6.94. The van der Waals surface area contributed by atoms with Gasteiger partial charge < -0.3 is 10.1 Å². The van der Waals surface area contributed by atoms with Crippen LogP contribution in [0.5, 0.6) is 5.75 Å². The summed E-state index contributed by atoms with van der Waals surface area (Å²) in [4.78, 5) is 11.5. The van der Waals surface area contributed by atoms with E-state index in [9.17, 15) is 13.2 Å². The first kappa shape index (κ1) is 20.8. The normalized spacial score (nSPS) is 11.0. The fourth-order valence-electron chi connectivity index (χ4n) is 2.55. The molecule has 7 heteroatoms. The Hall–Kier alpha value is -2.54. The number of hydrogen-bond acceptors (Lipinski definition) is 4. The third-order valence-corrected chi connectivity index (χ3v) is 5.08. The third-order valence-electron chi connectivity index (χ3n) is 3.89. The molecule has 0 spiro atoms. The van der Waals surface area contributed by atoms with Gasteiger partial charge >= 0.3 is 0 Å². The fraction of sp³-hybridized carbons (Fsp3) is 0.350. The monoisotopic (exact) mass is 390 g/mol. The molecule has 6 nitrogen and oxygen atoms in total. The number of hydrogen-bond donors (Lipinski definition) is 1. The molecule has 0 bridgehead atoms. The number of nitrogens with one attached hydrogen (secondary N) is 1. The number of ether oxygens (including phenoxy) is 1. The van der Waals surface area contributed by atoms with E-state index in [4.69, 9.17) is 4.74 Å². The van der Waals surface area contributed by atoms with Crippen molar-refractivity contribution in [1.29, 1.82) is 0 Å². The molecule has 0 aromatic heterocycles. The van der Waals surface area contributed by atoms with Gasteiger partial charge in [0.15, 0.2) is 0 Å². The van der Waals surface area contributed by atoms with Gasteiger partial charge in [0.2, 0.25) is 15.9 Å². The molecule has 0 aliphatic rings. The summed E-state index contributed by atoms with van der Waals surface area (Å²) in [6.07, 6.45) is 2.35. The van der Waals surface area contributed by atoms with Crippen molar-refractivity contribution in [2.45, 2.75) is 26.4 Å². The molecular weight excluding hydrogens is 364 g/mol. The summed E-state index contributed by atoms with van der Waals surface area (Å²) in [6, 6.07) is 16.7. The van der Waals surface area contributed by atoms with Crippen molar-refractivity contribution in [2.75, 3.05) is 23.7 Å². The number of carbonyl (C=O) groups excluding carboxylic acids is 1. The van der Waals surface area contributed by atoms with Gasteiger partial charge in [-0.15, -0.1) is 0 Å². The van der Waals surface area contributed by atoms with Crippen LogP contribution in [0.1, 0.15) is 25.3 Å². The Bertz CT molecular complexity index is 821. The van der Waals surface area contributed by atoms with E-state index in [1.54, 1.807) is 24.3 Å². The maximum atomic E-state index is 12.1. The van der Waals surface area contributed by atoms with E-state index in [2.05, 4.69) is 5.32 Å². The Kier molecular flexibility index (Phi) is 7.67. The van der Waals surface area contributed by atoms with Crippen molar-refractivity contribution in [1.82, 2.24) is 5.32 Å². The van der Waals surface area contributed by atoms with Crippen LogP contribution in [0.2, 0.25) is 0 Å². The molecule has 2 aromatic rings. The molecule has 2 rings (SSSR count). The smallest absolute Gasteiger partial charge is 0.232 e. The molecule has 27 heavy (non-hydrogen) atoms. The van der Waals surface area contributed by atoms with Gasteiger partial charge in [0.1, 0.15) is 12.4 Å². The average molecular weight is 391 g/mol. The Labute approximate surface area is 161 Å².